The Hall–Kier alpha value is -1.24. The van der Waals surface area contributed by atoms with Crippen LogP contribution in [0.3, 0.4) is 0 Å². The lowest BCUT2D eigenvalue weighted by Crippen LogP contribution is -2.58. The smallest absolute Gasteiger partial charge is 0.267 e. The number of alkyl halides is 2. The molecular weight excluding hydrogens is 348 g/mol. The van der Waals surface area contributed by atoms with Crippen LogP contribution in [0.1, 0.15) is 43.2 Å². The fourth-order valence-corrected chi connectivity index (χ4v) is 5.14. The monoisotopic (exact) mass is 379 g/mol. The van der Waals surface area contributed by atoms with Crippen LogP contribution in [0.4, 0.5) is 8.78 Å². The van der Waals surface area contributed by atoms with Crippen LogP contribution < -0.4 is 10.1 Å². The van der Waals surface area contributed by atoms with Crippen molar-refractivity contribution < 1.29 is 13.5 Å². The molecule has 1 saturated carbocycles. The van der Waals surface area contributed by atoms with Crippen LogP contribution in [0.25, 0.3) is 0 Å². The molecule has 1 aromatic carbocycles. The molecule has 1 N–H and O–H groups in total. The fourth-order valence-electron chi connectivity index (χ4n) is 5.14. The minimum Gasteiger partial charge on any atom is -0.496 e. The van der Waals surface area contributed by atoms with Gasteiger partial charge in [0.15, 0.2) is 0 Å². The lowest BCUT2D eigenvalue weighted by atomic mass is 9.60. The average Bonchev–Trinajstić information content (AvgIpc) is 2.67. The van der Waals surface area contributed by atoms with Gasteiger partial charge in [0, 0.05) is 38.8 Å². The van der Waals surface area contributed by atoms with Crippen molar-refractivity contribution in [3.05, 3.63) is 29.3 Å². The molecule has 0 unspecified atom stereocenters. The Morgan fingerprint density at radius 1 is 1.15 bits per heavy atom. The molecule has 6 heteroatoms. The number of ether oxygens (including phenoxy) is 1. The molecule has 150 valence electrons. The predicted octanol–water partition coefficient (Wildman–Crippen LogP) is 3.28. The van der Waals surface area contributed by atoms with Crippen LogP contribution in [0.15, 0.2) is 18.2 Å². The van der Waals surface area contributed by atoms with Gasteiger partial charge in [0.05, 0.1) is 12.7 Å². The van der Waals surface area contributed by atoms with Crippen molar-refractivity contribution in [3.8, 4) is 5.75 Å². The summed E-state index contributed by atoms with van der Waals surface area (Å²) in [7, 11) is 1.46. The first-order valence-electron chi connectivity index (χ1n) is 10.2. The molecule has 0 aromatic heterocycles. The molecule has 1 aromatic rings. The summed E-state index contributed by atoms with van der Waals surface area (Å²) in [5, 5.41) is 3.48. The molecule has 3 fully saturated rings. The summed E-state index contributed by atoms with van der Waals surface area (Å²) in [6.45, 7) is 7.50. The Kier molecular flexibility index (Phi) is 5.67. The van der Waals surface area contributed by atoms with Crippen molar-refractivity contribution in [1.82, 2.24) is 15.1 Å². The normalized spacial score (nSPS) is 24.3. The molecule has 0 atom stereocenters. The number of nitrogens with zero attached hydrogens (tertiary/aromatic N) is 2. The number of piperidine rings is 1. The maximum absolute atomic E-state index is 13.0. The van der Waals surface area contributed by atoms with E-state index in [1.165, 1.54) is 51.9 Å². The van der Waals surface area contributed by atoms with Gasteiger partial charge in [0.1, 0.15) is 5.75 Å². The van der Waals surface area contributed by atoms with E-state index in [1.54, 1.807) is 6.07 Å². The second kappa shape index (κ2) is 8.02. The van der Waals surface area contributed by atoms with Gasteiger partial charge < -0.3 is 10.1 Å². The highest BCUT2D eigenvalue weighted by atomic mass is 19.3. The molecule has 1 spiro atoms. The van der Waals surface area contributed by atoms with E-state index in [9.17, 15) is 8.78 Å². The number of piperazine rings is 1. The zero-order valence-corrected chi connectivity index (χ0v) is 16.2. The lowest BCUT2D eigenvalue weighted by Gasteiger charge is -2.55. The first kappa shape index (κ1) is 19.1. The number of benzene rings is 1. The largest absolute Gasteiger partial charge is 0.496 e. The molecule has 0 bridgehead atoms. The van der Waals surface area contributed by atoms with Crippen LogP contribution in [0.2, 0.25) is 0 Å². The average molecular weight is 379 g/mol. The Balaban J connectivity index is 1.26. The van der Waals surface area contributed by atoms with Gasteiger partial charge in [-0.1, -0.05) is 6.07 Å². The van der Waals surface area contributed by atoms with E-state index < -0.39 is 6.43 Å². The molecule has 0 amide bonds. The summed E-state index contributed by atoms with van der Waals surface area (Å²) in [6.07, 6.45) is 2.95. The molecule has 4 rings (SSSR count). The zero-order valence-electron chi connectivity index (χ0n) is 16.2. The minimum atomic E-state index is -2.50. The quantitative estimate of drug-likeness (QED) is 0.850. The third-order valence-corrected chi connectivity index (χ3v) is 6.86. The summed E-state index contributed by atoms with van der Waals surface area (Å²) in [6, 6.07) is 5.85. The summed E-state index contributed by atoms with van der Waals surface area (Å²) in [5.74, 6) is 0.294. The van der Waals surface area contributed by atoms with Crippen molar-refractivity contribution in [2.45, 2.75) is 44.7 Å². The number of methoxy groups -OCH3 is 1. The van der Waals surface area contributed by atoms with Gasteiger partial charge in [-0.15, -0.1) is 0 Å². The highest BCUT2D eigenvalue weighted by Crippen LogP contribution is 2.49. The molecule has 4 nitrogen and oxygen atoms in total. The Morgan fingerprint density at radius 3 is 2.48 bits per heavy atom. The van der Waals surface area contributed by atoms with Crippen LogP contribution in [0, 0.1) is 5.41 Å². The van der Waals surface area contributed by atoms with Gasteiger partial charge in [-0.05, 0) is 61.9 Å². The summed E-state index contributed by atoms with van der Waals surface area (Å²) in [5.41, 5.74) is 1.65. The van der Waals surface area contributed by atoms with Crippen LogP contribution in [0.5, 0.6) is 5.75 Å². The molecule has 2 saturated heterocycles. The third kappa shape index (κ3) is 4.13. The van der Waals surface area contributed by atoms with E-state index in [2.05, 4.69) is 15.1 Å². The molecule has 27 heavy (non-hydrogen) atoms. The van der Waals surface area contributed by atoms with Crippen LogP contribution in [-0.2, 0) is 6.54 Å². The van der Waals surface area contributed by atoms with Gasteiger partial charge in [-0.25, -0.2) is 8.78 Å². The summed E-state index contributed by atoms with van der Waals surface area (Å²) < 4.78 is 31.1. The number of halogens is 2. The molecule has 3 aliphatic rings. The van der Waals surface area contributed by atoms with Crippen LogP contribution >= 0.6 is 0 Å². The third-order valence-electron chi connectivity index (χ3n) is 6.86. The van der Waals surface area contributed by atoms with Gasteiger partial charge in [-0.2, -0.15) is 0 Å². The van der Waals surface area contributed by atoms with E-state index in [1.807, 2.05) is 6.07 Å². The number of hydrogen-bond acceptors (Lipinski definition) is 4. The van der Waals surface area contributed by atoms with Gasteiger partial charge in [0.25, 0.3) is 6.43 Å². The Morgan fingerprint density at radius 2 is 1.85 bits per heavy atom. The highest BCUT2D eigenvalue weighted by molar-refractivity contribution is 5.38. The molecular formula is C21H31F2N3O. The number of rotatable bonds is 5. The molecule has 2 aliphatic heterocycles. The lowest BCUT2D eigenvalue weighted by molar-refractivity contribution is -0.0386. The van der Waals surface area contributed by atoms with E-state index in [0.717, 1.165) is 44.3 Å². The van der Waals surface area contributed by atoms with Crippen LogP contribution in [-0.4, -0.2) is 62.2 Å². The second-order valence-corrected chi connectivity index (χ2v) is 8.50. The van der Waals surface area contributed by atoms with E-state index >= 15 is 0 Å². The first-order chi connectivity index (χ1) is 13.1. The SMILES string of the molecule is COc1cc(CN2CCN(C3CC4(CCNCC4)C3)CC2)ccc1C(F)F. The molecule has 1 aliphatic carbocycles. The molecule has 2 heterocycles. The van der Waals surface area contributed by atoms with Crippen molar-refractivity contribution >= 4 is 0 Å². The maximum atomic E-state index is 13.0. The van der Waals surface area contributed by atoms with Crippen molar-refractivity contribution in [2.24, 2.45) is 5.41 Å². The standard InChI is InChI=1S/C21H31F2N3O/c1-27-19-12-16(2-3-18(19)20(22)23)15-25-8-10-26(11-9-25)17-13-21(14-17)4-6-24-7-5-21/h2-3,12,17,20,24H,4-11,13-15H2,1H3. The minimum absolute atomic E-state index is 0.0251. The predicted molar refractivity (Wildman–Crippen MR) is 102 cm³/mol. The van der Waals surface area contributed by atoms with Crippen molar-refractivity contribution in [1.29, 1.82) is 0 Å². The summed E-state index contributed by atoms with van der Waals surface area (Å²) >= 11 is 0. The fraction of sp³-hybridized carbons (Fsp3) is 0.714. The Bertz CT molecular complexity index is 632. The van der Waals surface area contributed by atoms with E-state index in [0.29, 0.717) is 11.2 Å². The first-order valence-corrected chi connectivity index (χ1v) is 10.2. The van der Waals surface area contributed by atoms with Crippen molar-refractivity contribution in [3.63, 3.8) is 0 Å². The number of hydrogen-bond donors (Lipinski definition) is 1. The zero-order chi connectivity index (χ0) is 18.9. The summed E-state index contributed by atoms with van der Waals surface area (Å²) in [4.78, 5) is 5.09. The van der Waals surface area contributed by atoms with Gasteiger partial charge in [0.2, 0.25) is 0 Å². The van der Waals surface area contributed by atoms with Crippen molar-refractivity contribution in [2.75, 3.05) is 46.4 Å². The molecule has 0 radical (unpaired) electrons. The second-order valence-electron chi connectivity index (χ2n) is 8.50. The van der Waals surface area contributed by atoms with E-state index in [4.69, 9.17) is 4.74 Å². The van der Waals surface area contributed by atoms with Gasteiger partial charge >= 0.3 is 0 Å². The van der Waals surface area contributed by atoms with Gasteiger partial charge in [-0.3, -0.25) is 9.80 Å². The highest BCUT2D eigenvalue weighted by Gasteiger charge is 2.46. The van der Waals surface area contributed by atoms with E-state index in [-0.39, 0.29) is 5.56 Å². The maximum Gasteiger partial charge on any atom is 0.267 e. The number of nitrogens with one attached hydrogen (secondary N) is 1. The Labute approximate surface area is 160 Å². The topological polar surface area (TPSA) is 27.7 Å².